The quantitative estimate of drug-likeness (QED) is 0.491. The van der Waals surface area contributed by atoms with Gasteiger partial charge < -0.3 is 0 Å². The molecule has 1 unspecified atom stereocenters. The maximum atomic E-state index is 14.2. The number of pyridine rings is 1. The Hall–Kier alpha value is -3.06. The number of rotatable bonds is 6. The number of halogens is 1. The molecule has 0 aliphatic heterocycles. The first-order valence-corrected chi connectivity index (χ1v) is 9.18. The van der Waals surface area contributed by atoms with E-state index in [9.17, 15) is 17.6 Å². The highest BCUT2D eigenvalue weighted by Crippen LogP contribution is 2.32. The molecule has 0 N–H and O–H groups in total. The summed E-state index contributed by atoms with van der Waals surface area (Å²) in [5, 5.41) is -1.10. The molecule has 0 aliphatic rings. The summed E-state index contributed by atoms with van der Waals surface area (Å²) in [6.07, 6.45) is 5.93. The highest BCUT2D eigenvalue weighted by atomic mass is 32.2. The highest BCUT2D eigenvalue weighted by Gasteiger charge is 2.29. The van der Waals surface area contributed by atoms with E-state index < -0.39 is 21.1 Å². The summed E-state index contributed by atoms with van der Waals surface area (Å²) in [7, 11) is -4.06. The van der Waals surface area contributed by atoms with Crippen LogP contribution in [0.25, 0.3) is 11.3 Å². The van der Waals surface area contributed by atoms with Crippen LogP contribution in [0.5, 0.6) is 0 Å². The molecule has 0 radical (unpaired) electrons. The minimum Gasteiger partial charge on any atom is -0.298 e. The Bertz CT molecular complexity index is 1060. The summed E-state index contributed by atoms with van der Waals surface area (Å²) in [5.41, 5.74) is 0.697. The van der Waals surface area contributed by atoms with Crippen molar-refractivity contribution < 1.29 is 17.6 Å². The molecule has 7 heteroatoms. The van der Waals surface area contributed by atoms with Gasteiger partial charge in [-0.05, 0) is 29.8 Å². The van der Waals surface area contributed by atoms with Gasteiger partial charge in [-0.2, -0.15) is 0 Å². The smallest absolute Gasteiger partial charge is 0.249 e. The molecule has 2 aromatic heterocycles. The summed E-state index contributed by atoms with van der Waals surface area (Å²) >= 11 is 0. The van der Waals surface area contributed by atoms with Crippen molar-refractivity contribution in [1.29, 1.82) is 0 Å². The van der Waals surface area contributed by atoms with Gasteiger partial charge in [-0.15, -0.1) is 6.58 Å². The summed E-state index contributed by atoms with van der Waals surface area (Å²) in [6, 6.07) is 10.4. The van der Waals surface area contributed by atoms with Gasteiger partial charge in [0.25, 0.3) is 0 Å². The lowest BCUT2D eigenvalue weighted by Crippen LogP contribution is -2.20. The van der Waals surface area contributed by atoms with E-state index in [2.05, 4.69) is 11.6 Å². The van der Waals surface area contributed by atoms with Gasteiger partial charge in [0.15, 0.2) is 6.29 Å². The first-order valence-electron chi connectivity index (χ1n) is 7.68. The second-order valence-electron chi connectivity index (χ2n) is 5.54. The molecule has 3 rings (SSSR count). The van der Waals surface area contributed by atoms with Gasteiger partial charge in [-0.1, -0.05) is 24.3 Å². The second-order valence-corrected chi connectivity index (χ2v) is 7.47. The molecule has 1 aromatic carbocycles. The number of nitrogens with zero attached hydrogens (tertiary/aromatic N) is 2. The molecule has 0 spiro atoms. The van der Waals surface area contributed by atoms with Gasteiger partial charge in [-0.25, -0.2) is 16.8 Å². The highest BCUT2D eigenvalue weighted by molar-refractivity contribution is 7.90. The van der Waals surface area contributed by atoms with E-state index in [4.69, 9.17) is 0 Å². The van der Waals surface area contributed by atoms with Gasteiger partial charge in [0, 0.05) is 29.7 Å². The fourth-order valence-electron chi connectivity index (χ4n) is 2.70. The predicted octanol–water partition coefficient (Wildman–Crippen LogP) is 3.61. The fraction of sp³-hybridized carbons (Fsp3) is 0.0526. The van der Waals surface area contributed by atoms with Crippen LogP contribution in [-0.2, 0) is 10.0 Å². The largest absolute Gasteiger partial charge is 0.298 e. The summed E-state index contributed by atoms with van der Waals surface area (Å²) in [5.74, 6) is -0.587. The number of carbonyl (C=O) groups excluding carboxylic acids is 1. The number of aromatic nitrogens is 2. The van der Waals surface area contributed by atoms with Crippen LogP contribution in [0.3, 0.4) is 0 Å². The lowest BCUT2D eigenvalue weighted by molar-refractivity contribution is 0.112. The minimum atomic E-state index is -4.06. The first kappa shape index (κ1) is 17.8. The molecule has 0 amide bonds. The second kappa shape index (κ2) is 7.05. The zero-order chi connectivity index (χ0) is 18.7. The Morgan fingerprint density at radius 3 is 2.58 bits per heavy atom. The number of aldehydes is 1. The van der Waals surface area contributed by atoms with Gasteiger partial charge in [0.1, 0.15) is 11.1 Å². The third kappa shape index (κ3) is 3.09. The van der Waals surface area contributed by atoms with Crippen LogP contribution in [0.2, 0.25) is 0 Å². The topological polar surface area (TPSA) is 69.0 Å². The first-order chi connectivity index (χ1) is 12.5. The van der Waals surface area contributed by atoms with Crippen LogP contribution in [0.1, 0.15) is 21.2 Å². The molecular formula is C19H15FN2O3S. The van der Waals surface area contributed by atoms with E-state index >= 15 is 0 Å². The van der Waals surface area contributed by atoms with Crippen molar-refractivity contribution in [3.8, 4) is 11.3 Å². The molecule has 0 saturated heterocycles. The Kier molecular flexibility index (Phi) is 4.81. The Morgan fingerprint density at radius 2 is 1.96 bits per heavy atom. The Labute approximate surface area is 150 Å². The van der Waals surface area contributed by atoms with Crippen LogP contribution in [0.4, 0.5) is 4.39 Å². The van der Waals surface area contributed by atoms with Crippen molar-refractivity contribution >= 4 is 16.3 Å². The van der Waals surface area contributed by atoms with Gasteiger partial charge in [0.2, 0.25) is 10.0 Å². The molecule has 0 fully saturated rings. The number of hydrogen-bond donors (Lipinski definition) is 0. The van der Waals surface area contributed by atoms with Gasteiger partial charge in [0.05, 0.1) is 5.69 Å². The predicted molar refractivity (Wildman–Crippen MR) is 96.7 cm³/mol. The summed E-state index contributed by atoms with van der Waals surface area (Å²) in [4.78, 5) is 15.1. The van der Waals surface area contributed by atoms with E-state index in [1.165, 1.54) is 48.9 Å². The summed E-state index contributed by atoms with van der Waals surface area (Å²) < 4.78 is 41.6. The monoisotopic (exact) mass is 370 g/mol. The minimum absolute atomic E-state index is 0.0703. The average Bonchev–Trinajstić information content (AvgIpc) is 3.08. The van der Waals surface area contributed by atoms with E-state index in [0.29, 0.717) is 11.8 Å². The third-order valence-corrected chi connectivity index (χ3v) is 5.87. The van der Waals surface area contributed by atoms with E-state index in [1.807, 2.05) is 0 Å². The molecule has 1 atom stereocenters. The van der Waals surface area contributed by atoms with E-state index in [-0.39, 0.29) is 16.8 Å². The molecule has 5 nitrogen and oxygen atoms in total. The van der Waals surface area contributed by atoms with Crippen molar-refractivity contribution in [3.05, 3.63) is 90.7 Å². The number of hydrogen-bond acceptors (Lipinski definition) is 4. The number of benzene rings is 1. The van der Waals surface area contributed by atoms with Gasteiger partial charge >= 0.3 is 0 Å². The zero-order valence-corrected chi connectivity index (χ0v) is 14.4. The van der Waals surface area contributed by atoms with Crippen molar-refractivity contribution in [3.63, 3.8) is 0 Å². The normalized spacial score (nSPS) is 12.5. The van der Waals surface area contributed by atoms with Crippen LogP contribution < -0.4 is 0 Å². The Balaban J connectivity index is 2.22. The lowest BCUT2D eigenvalue weighted by atomic mass is 10.1. The van der Waals surface area contributed by atoms with Crippen molar-refractivity contribution in [2.75, 3.05) is 0 Å². The molecule has 0 aliphatic carbocycles. The molecule has 3 aromatic rings. The zero-order valence-electron chi connectivity index (χ0n) is 13.6. The van der Waals surface area contributed by atoms with Crippen LogP contribution >= 0.6 is 0 Å². The van der Waals surface area contributed by atoms with E-state index in [0.717, 1.165) is 3.97 Å². The van der Waals surface area contributed by atoms with Gasteiger partial charge in [-0.3, -0.25) is 9.78 Å². The van der Waals surface area contributed by atoms with Crippen molar-refractivity contribution in [2.24, 2.45) is 0 Å². The van der Waals surface area contributed by atoms with Crippen LogP contribution in [0, 0.1) is 5.82 Å². The number of carbonyl (C=O) groups is 1. The standard InChI is InChI=1S/C19H15FN2O3S/c1-2-19(15-6-5-9-21-11-15)26(24,25)22-12-14(13-23)10-18(22)16-7-3-4-8-17(16)20/h2-13,19H,1H2. The lowest BCUT2D eigenvalue weighted by Gasteiger charge is -2.17. The molecule has 2 heterocycles. The van der Waals surface area contributed by atoms with E-state index in [1.54, 1.807) is 18.2 Å². The SMILES string of the molecule is C=CC(c1cccnc1)S(=O)(=O)n1cc(C=O)cc1-c1ccccc1F. The fourth-order valence-corrected chi connectivity index (χ4v) is 4.37. The maximum absolute atomic E-state index is 14.2. The third-order valence-electron chi connectivity index (χ3n) is 3.92. The average molecular weight is 370 g/mol. The molecule has 0 bridgehead atoms. The maximum Gasteiger partial charge on any atom is 0.249 e. The van der Waals surface area contributed by atoms with Crippen LogP contribution in [-0.4, -0.2) is 23.7 Å². The summed E-state index contributed by atoms with van der Waals surface area (Å²) in [6.45, 7) is 3.61. The molecule has 26 heavy (non-hydrogen) atoms. The van der Waals surface area contributed by atoms with Crippen LogP contribution in [0.15, 0.2) is 73.7 Å². The molecule has 0 saturated carbocycles. The van der Waals surface area contributed by atoms with Crippen molar-refractivity contribution in [2.45, 2.75) is 5.25 Å². The Morgan fingerprint density at radius 1 is 1.19 bits per heavy atom. The molecular weight excluding hydrogens is 355 g/mol. The van der Waals surface area contributed by atoms with Crippen molar-refractivity contribution in [1.82, 2.24) is 8.96 Å². The molecule has 132 valence electrons.